The van der Waals surface area contributed by atoms with Crippen molar-refractivity contribution in [2.45, 2.75) is 31.8 Å². The molecule has 1 heterocycles. The summed E-state index contributed by atoms with van der Waals surface area (Å²) in [5, 5.41) is 5.88. The number of ether oxygens (including phenoxy) is 1. The summed E-state index contributed by atoms with van der Waals surface area (Å²) >= 11 is 0. The van der Waals surface area contributed by atoms with E-state index < -0.39 is 9.84 Å². The van der Waals surface area contributed by atoms with E-state index in [2.05, 4.69) is 10.6 Å². The maximum atomic E-state index is 11.6. The zero-order valence-corrected chi connectivity index (χ0v) is 11.8. The van der Waals surface area contributed by atoms with Gasteiger partial charge in [-0.15, -0.1) is 0 Å². The minimum atomic E-state index is -2.84. The summed E-state index contributed by atoms with van der Waals surface area (Å²) in [5.74, 6) is 0.339. The van der Waals surface area contributed by atoms with Crippen LogP contribution in [0.4, 0.5) is 0 Å². The summed E-state index contributed by atoms with van der Waals surface area (Å²) in [5.41, 5.74) is 0. The van der Waals surface area contributed by atoms with Crippen LogP contribution in [0.3, 0.4) is 0 Å². The number of methoxy groups -OCH3 is 1. The molecule has 1 rings (SSSR count). The van der Waals surface area contributed by atoms with Crippen LogP contribution in [0.15, 0.2) is 0 Å². The van der Waals surface area contributed by atoms with Crippen LogP contribution in [0, 0.1) is 0 Å². The number of hydrogen-bond acceptors (Lipinski definition) is 5. The van der Waals surface area contributed by atoms with Crippen molar-refractivity contribution < 1.29 is 17.9 Å². The van der Waals surface area contributed by atoms with E-state index in [1.54, 1.807) is 7.11 Å². The van der Waals surface area contributed by atoms with E-state index in [9.17, 15) is 13.2 Å². The normalized spacial score (nSPS) is 21.4. The molecule has 2 N–H and O–H groups in total. The number of carbonyl (C=O) groups is 1. The lowest BCUT2D eigenvalue weighted by atomic mass is 10.1. The van der Waals surface area contributed by atoms with Gasteiger partial charge in [-0.3, -0.25) is 4.79 Å². The van der Waals surface area contributed by atoms with Gasteiger partial charge in [0, 0.05) is 19.2 Å². The molecule has 0 bridgehead atoms. The molecule has 1 amide bonds. The predicted octanol–water partition coefficient (Wildman–Crippen LogP) is -0.696. The Kier molecular flexibility index (Phi) is 6.04. The lowest BCUT2D eigenvalue weighted by Crippen LogP contribution is -2.45. The van der Waals surface area contributed by atoms with Gasteiger partial charge in [-0.1, -0.05) is 0 Å². The highest BCUT2D eigenvalue weighted by atomic mass is 32.2. The molecule has 7 heteroatoms. The molecule has 1 aliphatic heterocycles. The van der Waals surface area contributed by atoms with Crippen molar-refractivity contribution >= 4 is 15.7 Å². The molecule has 1 saturated heterocycles. The fourth-order valence-electron chi connectivity index (χ4n) is 1.95. The van der Waals surface area contributed by atoms with E-state index >= 15 is 0 Å². The number of sulfone groups is 1. The molecule has 0 radical (unpaired) electrons. The molecule has 0 saturated carbocycles. The first-order valence-electron chi connectivity index (χ1n) is 6.15. The Hall–Kier alpha value is -0.660. The molecular weight excluding hydrogens is 256 g/mol. The van der Waals surface area contributed by atoms with Crippen molar-refractivity contribution in [3.63, 3.8) is 0 Å². The number of amides is 1. The van der Waals surface area contributed by atoms with Crippen molar-refractivity contribution in [2.75, 3.05) is 31.8 Å². The molecule has 6 nitrogen and oxygen atoms in total. The topological polar surface area (TPSA) is 84.5 Å². The largest absolute Gasteiger partial charge is 0.383 e. The number of carbonyl (C=O) groups excluding carboxylic acids is 1. The lowest BCUT2D eigenvalue weighted by Gasteiger charge is -2.23. The molecule has 0 spiro atoms. The first kappa shape index (κ1) is 15.4. The molecule has 1 aliphatic rings. The number of hydrogen-bond donors (Lipinski definition) is 2. The smallest absolute Gasteiger partial charge is 0.234 e. The predicted molar refractivity (Wildman–Crippen MR) is 69.2 cm³/mol. The fraction of sp³-hybridized carbons (Fsp3) is 0.909. The average Bonchev–Trinajstić information content (AvgIpc) is 2.28. The second-order valence-electron chi connectivity index (χ2n) is 4.73. The highest BCUT2D eigenvalue weighted by Crippen LogP contribution is 2.11. The molecule has 0 aromatic heterocycles. The Morgan fingerprint density at radius 3 is 2.56 bits per heavy atom. The van der Waals surface area contributed by atoms with Crippen LogP contribution < -0.4 is 10.6 Å². The van der Waals surface area contributed by atoms with Crippen LogP contribution in [0.25, 0.3) is 0 Å². The maximum absolute atomic E-state index is 11.6. The summed E-state index contributed by atoms with van der Waals surface area (Å²) in [7, 11) is -1.25. The maximum Gasteiger partial charge on any atom is 0.234 e. The van der Waals surface area contributed by atoms with Crippen molar-refractivity contribution in [3.05, 3.63) is 0 Å². The highest BCUT2D eigenvalue weighted by Gasteiger charge is 2.23. The Balaban J connectivity index is 2.19. The van der Waals surface area contributed by atoms with Crippen LogP contribution in [0.1, 0.15) is 19.8 Å². The van der Waals surface area contributed by atoms with E-state index in [0.29, 0.717) is 19.4 Å². The van der Waals surface area contributed by atoms with Gasteiger partial charge in [0.1, 0.15) is 9.84 Å². The Bertz CT molecular complexity index is 355. The van der Waals surface area contributed by atoms with Crippen molar-refractivity contribution in [3.8, 4) is 0 Å². The fourth-order valence-corrected chi connectivity index (χ4v) is 3.44. The summed E-state index contributed by atoms with van der Waals surface area (Å²) in [6.45, 7) is 2.57. The van der Waals surface area contributed by atoms with Gasteiger partial charge in [-0.25, -0.2) is 8.42 Å². The molecule has 1 fully saturated rings. The van der Waals surface area contributed by atoms with Gasteiger partial charge in [0.2, 0.25) is 5.91 Å². The Labute approximate surface area is 108 Å². The third kappa shape index (κ3) is 5.79. The number of rotatable bonds is 6. The van der Waals surface area contributed by atoms with Crippen LogP contribution in [-0.4, -0.2) is 58.2 Å². The quantitative estimate of drug-likeness (QED) is 0.671. The first-order chi connectivity index (χ1) is 8.43. The monoisotopic (exact) mass is 278 g/mol. The lowest BCUT2D eigenvalue weighted by molar-refractivity contribution is -0.121. The molecule has 0 aliphatic carbocycles. The van der Waals surface area contributed by atoms with Crippen LogP contribution >= 0.6 is 0 Å². The van der Waals surface area contributed by atoms with E-state index in [1.165, 1.54) is 0 Å². The molecular formula is C11H22N2O4S. The second kappa shape index (κ2) is 7.06. The first-order valence-corrected chi connectivity index (χ1v) is 7.97. The van der Waals surface area contributed by atoms with Gasteiger partial charge in [-0.2, -0.15) is 0 Å². The minimum absolute atomic E-state index is 0.0176. The molecule has 1 atom stereocenters. The van der Waals surface area contributed by atoms with Crippen LogP contribution in [0.5, 0.6) is 0 Å². The zero-order valence-electron chi connectivity index (χ0n) is 10.9. The van der Waals surface area contributed by atoms with E-state index in [0.717, 1.165) is 0 Å². The summed E-state index contributed by atoms with van der Waals surface area (Å²) in [6, 6.07) is 0.105. The van der Waals surface area contributed by atoms with Gasteiger partial charge in [0.15, 0.2) is 0 Å². The number of nitrogens with one attached hydrogen (secondary N) is 2. The molecule has 1 unspecified atom stereocenters. The standard InChI is InChI=1S/C11H22N2O4S/c1-9(8-17-2)13-11(14)7-12-10-3-5-18(15,16)6-4-10/h9-10,12H,3-8H2,1-2H3,(H,13,14). The highest BCUT2D eigenvalue weighted by molar-refractivity contribution is 7.91. The van der Waals surface area contributed by atoms with Crippen molar-refractivity contribution in [2.24, 2.45) is 0 Å². The zero-order chi connectivity index (χ0) is 13.6. The summed E-state index contributed by atoms with van der Waals surface area (Å²) in [6.07, 6.45) is 1.17. The van der Waals surface area contributed by atoms with Crippen molar-refractivity contribution in [1.29, 1.82) is 0 Å². The average molecular weight is 278 g/mol. The van der Waals surface area contributed by atoms with Crippen LogP contribution in [0.2, 0.25) is 0 Å². The second-order valence-corrected chi connectivity index (χ2v) is 7.03. The molecule has 0 aromatic rings. The SMILES string of the molecule is COCC(C)NC(=O)CNC1CCS(=O)(=O)CC1. The Morgan fingerprint density at radius 1 is 1.39 bits per heavy atom. The van der Waals surface area contributed by atoms with Gasteiger partial charge in [0.25, 0.3) is 0 Å². The van der Waals surface area contributed by atoms with Gasteiger partial charge in [-0.05, 0) is 19.8 Å². The Morgan fingerprint density at radius 2 is 2.00 bits per heavy atom. The third-order valence-corrected chi connectivity index (χ3v) is 4.65. The van der Waals surface area contributed by atoms with E-state index in [-0.39, 0.29) is 36.0 Å². The van der Waals surface area contributed by atoms with Gasteiger partial charge < -0.3 is 15.4 Å². The molecule has 106 valence electrons. The molecule has 18 heavy (non-hydrogen) atoms. The van der Waals surface area contributed by atoms with E-state index in [1.807, 2.05) is 6.92 Å². The third-order valence-electron chi connectivity index (χ3n) is 2.93. The van der Waals surface area contributed by atoms with Gasteiger partial charge >= 0.3 is 0 Å². The van der Waals surface area contributed by atoms with E-state index in [4.69, 9.17) is 4.74 Å². The minimum Gasteiger partial charge on any atom is -0.383 e. The van der Waals surface area contributed by atoms with Crippen LogP contribution in [-0.2, 0) is 19.4 Å². The van der Waals surface area contributed by atoms with Gasteiger partial charge in [0.05, 0.1) is 24.7 Å². The summed E-state index contributed by atoms with van der Waals surface area (Å²) < 4.78 is 27.4. The molecule has 0 aromatic carbocycles. The summed E-state index contributed by atoms with van der Waals surface area (Å²) in [4.78, 5) is 11.6. The van der Waals surface area contributed by atoms with Crippen molar-refractivity contribution in [1.82, 2.24) is 10.6 Å².